The molecule has 0 spiro atoms. The molecule has 0 fully saturated rings. The Balaban J connectivity index is 1.97. The lowest BCUT2D eigenvalue weighted by Crippen LogP contribution is -2.02. The van der Waals surface area contributed by atoms with Crippen LogP contribution in [0.1, 0.15) is 33.4 Å². The first-order valence-electron chi connectivity index (χ1n) is 7.90. The first kappa shape index (κ1) is 14.6. The second-order valence-corrected chi connectivity index (χ2v) is 5.97. The van der Waals surface area contributed by atoms with Crippen LogP contribution in [0, 0.1) is 13.8 Å². The average molecular weight is 286 g/mol. The molecule has 0 amide bonds. The number of hydrogen-bond acceptors (Lipinski definition) is 0. The van der Waals surface area contributed by atoms with Gasteiger partial charge < -0.3 is 0 Å². The Morgan fingerprint density at radius 1 is 0.591 bits per heavy atom. The molecule has 0 saturated carbocycles. The summed E-state index contributed by atoms with van der Waals surface area (Å²) in [5.74, 6) is 0. The lowest BCUT2D eigenvalue weighted by molar-refractivity contribution is 1.05. The Bertz CT molecular complexity index is 740. The van der Waals surface area contributed by atoms with Crippen molar-refractivity contribution in [2.75, 3.05) is 0 Å². The van der Waals surface area contributed by atoms with E-state index in [1.165, 1.54) is 33.4 Å². The third-order valence-electron chi connectivity index (χ3n) is 4.43. The summed E-state index contributed by atoms with van der Waals surface area (Å²) in [6.45, 7) is 4.46. The molecule has 0 aliphatic heterocycles. The lowest BCUT2D eigenvalue weighted by Gasteiger charge is -2.15. The van der Waals surface area contributed by atoms with Crippen LogP contribution in [0.2, 0.25) is 0 Å². The summed E-state index contributed by atoms with van der Waals surface area (Å²) in [7, 11) is 0. The van der Waals surface area contributed by atoms with E-state index in [1.807, 2.05) is 0 Å². The molecule has 3 rings (SSSR count). The molecular formula is C22H22. The van der Waals surface area contributed by atoms with E-state index in [4.69, 9.17) is 0 Å². The Labute approximate surface area is 133 Å². The monoisotopic (exact) mass is 286 g/mol. The highest BCUT2D eigenvalue weighted by atomic mass is 14.1. The van der Waals surface area contributed by atoms with Crippen LogP contribution in [-0.4, -0.2) is 0 Å². The maximum atomic E-state index is 2.30. The number of benzene rings is 3. The third kappa shape index (κ3) is 3.28. The van der Waals surface area contributed by atoms with E-state index in [0.717, 1.165) is 12.8 Å². The van der Waals surface area contributed by atoms with Crippen LogP contribution in [0.4, 0.5) is 0 Å². The molecule has 0 heteroatoms. The second-order valence-electron chi connectivity index (χ2n) is 5.97. The fourth-order valence-corrected chi connectivity index (χ4v) is 2.96. The minimum absolute atomic E-state index is 1.00. The molecule has 0 heterocycles. The van der Waals surface area contributed by atoms with Crippen molar-refractivity contribution in [1.82, 2.24) is 0 Å². The number of hydrogen-bond donors (Lipinski definition) is 0. The highest BCUT2D eigenvalue weighted by Crippen LogP contribution is 2.24. The molecule has 0 aliphatic rings. The predicted octanol–water partition coefficient (Wildman–Crippen LogP) is 5.49. The van der Waals surface area contributed by atoms with Crippen molar-refractivity contribution in [3.05, 3.63) is 106 Å². The molecule has 0 aromatic heterocycles. The molecule has 110 valence electrons. The first-order valence-corrected chi connectivity index (χ1v) is 7.90. The highest BCUT2D eigenvalue weighted by molar-refractivity contribution is 5.44. The highest BCUT2D eigenvalue weighted by Gasteiger charge is 2.09. The SMILES string of the molecule is Cc1ccc(Cc2ccccc2)c(Cc2ccccc2)c1C. The molecule has 0 radical (unpaired) electrons. The Morgan fingerprint density at radius 3 is 1.73 bits per heavy atom. The Hall–Kier alpha value is -2.34. The van der Waals surface area contributed by atoms with E-state index in [1.54, 1.807) is 0 Å². The van der Waals surface area contributed by atoms with Crippen LogP contribution >= 0.6 is 0 Å². The fourth-order valence-electron chi connectivity index (χ4n) is 2.96. The van der Waals surface area contributed by atoms with Gasteiger partial charge in [0.2, 0.25) is 0 Å². The standard InChI is InChI=1S/C22H22/c1-17-13-14-21(15-19-9-5-3-6-10-19)22(18(17)2)16-20-11-7-4-8-12-20/h3-14H,15-16H2,1-2H3. The topological polar surface area (TPSA) is 0 Å². The van der Waals surface area contributed by atoms with Gasteiger partial charge in [0.15, 0.2) is 0 Å². The van der Waals surface area contributed by atoms with Crippen LogP contribution in [-0.2, 0) is 12.8 Å². The average Bonchev–Trinajstić information content (AvgIpc) is 2.56. The van der Waals surface area contributed by atoms with Crippen LogP contribution in [0.5, 0.6) is 0 Å². The van der Waals surface area contributed by atoms with Gasteiger partial charge in [0.1, 0.15) is 0 Å². The molecule has 0 saturated heterocycles. The summed E-state index contributed by atoms with van der Waals surface area (Å²) in [6.07, 6.45) is 2.01. The summed E-state index contributed by atoms with van der Waals surface area (Å²) < 4.78 is 0. The van der Waals surface area contributed by atoms with Gasteiger partial charge in [-0.15, -0.1) is 0 Å². The smallest absolute Gasteiger partial charge is 0.00202 e. The van der Waals surface area contributed by atoms with Crippen molar-refractivity contribution < 1.29 is 0 Å². The Kier molecular flexibility index (Phi) is 4.39. The second kappa shape index (κ2) is 6.62. The minimum Gasteiger partial charge on any atom is -0.0622 e. The quantitative estimate of drug-likeness (QED) is 0.595. The van der Waals surface area contributed by atoms with Crippen LogP contribution < -0.4 is 0 Å². The van der Waals surface area contributed by atoms with Gasteiger partial charge in [0.05, 0.1) is 0 Å². The minimum atomic E-state index is 1.00. The van der Waals surface area contributed by atoms with Gasteiger partial charge in [-0.2, -0.15) is 0 Å². The number of rotatable bonds is 4. The summed E-state index contributed by atoms with van der Waals surface area (Å²) in [5.41, 5.74) is 8.49. The number of aryl methyl sites for hydroxylation is 1. The van der Waals surface area contributed by atoms with Gasteiger partial charge in [-0.3, -0.25) is 0 Å². The third-order valence-corrected chi connectivity index (χ3v) is 4.43. The molecule has 0 bridgehead atoms. The van der Waals surface area contributed by atoms with Crippen LogP contribution in [0.15, 0.2) is 72.8 Å². The van der Waals surface area contributed by atoms with E-state index in [-0.39, 0.29) is 0 Å². The fraction of sp³-hybridized carbons (Fsp3) is 0.182. The van der Waals surface area contributed by atoms with Crippen molar-refractivity contribution in [1.29, 1.82) is 0 Å². The zero-order valence-electron chi connectivity index (χ0n) is 13.3. The zero-order valence-corrected chi connectivity index (χ0v) is 13.3. The van der Waals surface area contributed by atoms with Crippen LogP contribution in [0.25, 0.3) is 0 Å². The van der Waals surface area contributed by atoms with Gasteiger partial charge in [-0.1, -0.05) is 72.8 Å². The summed E-state index contributed by atoms with van der Waals surface area (Å²) >= 11 is 0. The summed E-state index contributed by atoms with van der Waals surface area (Å²) in [4.78, 5) is 0. The Morgan fingerprint density at radius 2 is 1.14 bits per heavy atom. The zero-order chi connectivity index (χ0) is 15.4. The van der Waals surface area contributed by atoms with Crippen LogP contribution in [0.3, 0.4) is 0 Å². The molecule has 0 aliphatic carbocycles. The summed E-state index contributed by atoms with van der Waals surface area (Å²) in [6, 6.07) is 26.0. The first-order chi connectivity index (χ1) is 10.7. The van der Waals surface area contributed by atoms with E-state index in [2.05, 4.69) is 86.6 Å². The molecule has 0 N–H and O–H groups in total. The van der Waals surface area contributed by atoms with Crippen molar-refractivity contribution >= 4 is 0 Å². The van der Waals surface area contributed by atoms with Gasteiger partial charge in [-0.25, -0.2) is 0 Å². The molecule has 22 heavy (non-hydrogen) atoms. The van der Waals surface area contributed by atoms with Gasteiger partial charge in [-0.05, 0) is 60.1 Å². The van der Waals surface area contributed by atoms with Gasteiger partial charge in [0.25, 0.3) is 0 Å². The van der Waals surface area contributed by atoms with E-state index in [9.17, 15) is 0 Å². The largest absolute Gasteiger partial charge is 0.0622 e. The molecule has 3 aromatic rings. The molecule has 0 unspecified atom stereocenters. The van der Waals surface area contributed by atoms with Gasteiger partial charge in [0, 0.05) is 0 Å². The van der Waals surface area contributed by atoms with Crippen molar-refractivity contribution in [3.63, 3.8) is 0 Å². The van der Waals surface area contributed by atoms with E-state index < -0.39 is 0 Å². The molecular weight excluding hydrogens is 264 g/mol. The molecule has 0 atom stereocenters. The van der Waals surface area contributed by atoms with E-state index >= 15 is 0 Å². The van der Waals surface area contributed by atoms with E-state index in [0.29, 0.717) is 0 Å². The van der Waals surface area contributed by atoms with Gasteiger partial charge >= 0.3 is 0 Å². The lowest BCUT2D eigenvalue weighted by atomic mass is 9.89. The van der Waals surface area contributed by atoms with Crippen molar-refractivity contribution in [2.45, 2.75) is 26.7 Å². The normalized spacial score (nSPS) is 10.6. The predicted molar refractivity (Wildman–Crippen MR) is 94.4 cm³/mol. The molecule has 3 aromatic carbocycles. The van der Waals surface area contributed by atoms with Crippen molar-refractivity contribution in [2.24, 2.45) is 0 Å². The maximum absolute atomic E-state index is 2.30. The van der Waals surface area contributed by atoms with Crippen molar-refractivity contribution in [3.8, 4) is 0 Å². The molecule has 0 nitrogen and oxygen atoms in total. The summed E-state index contributed by atoms with van der Waals surface area (Å²) in [5, 5.41) is 0. The maximum Gasteiger partial charge on any atom is -0.00202 e.